The van der Waals surface area contributed by atoms with E-state index in [0.29, 0.717) is 26.1 Å². The second kappa shape index (κ2) is 7.90. The average molecular weight is 425 g/mol. The summed E-state index contributed by atoms with van der Waals surface area (Å²) in [5.74, 6) is -1.53. The molecule has 2 aromatic rings. The van der Waals surface area contributed by atoms with Crippen molar-refractivity contribution in [2.75, 3.05) is 19.8 Å². The molecule has 1 atom stereocenters. The highest BCUT2D eigenvalue weighted by Crippen LogP contribution is 2.37. The molecule has 0 N–H and O–H groups in total. The summed E-state index contributed by atoms with van der Waals surface area (Å²) >= 11 is 0. The summed E-state index contributed by atoms with van der Waals surface area (Å²) in [5.41, 5.74) is -0.210. The molecule has 1 aromatic carbocycles. The molecule has 0 bridgehead atoms. The Kier molecular flexibility index (Phi) is 5.44. The van der Waals surface area contributed by atoms with Gasteiger partial charge in [0.2, 0.25) is 11.8 Å². The molecule has 4 rings (SSSR count). The second-order valence-corrected chi connectivity index (χ2v) is 7.95. The minimum absolute atomic E-state index is 0.0456. The molecule has 0 radical (unpaired) electrons. The minimum atomic E-state index is -2.92. The highest BCUT2D eigenvalue weighted by Gasteiger charge is 2.41. The number of benzene rings is 1. The Morgan fingerprint density at radius 1 is 1.27 bits per heavy atom. The van der Waals surface area contributed by atoms with Crippen LogP contribution in [-0.2, 0) is 16.1 Å². The molecular weight excluding hydrogens is 403 g/mol. The highest BCUT2D eigenvalue weighted by molar-refractivity contribution is 5.83. The van der Waals surface area contributed by atoms with Gasteiger partial charge in [-0.25, -0.2) is 4.39 Å². The largest absolute Gasteiger partial charge is 0.491 e. The lowest BCUT2D eigenvalue weighted by atomic mass is 9.80. The van der Waals surface area contributed by atoms with Gasteiger partial charge in [-0.2, -0.15) is 8.78 Å². The van der Waals surface area contributed by atoms with Gasteiger partial charge < -0.3 is 18.8 Å². The fourth-order valence-electron chi connectivity index (χ4n) is 3.74. The summed E-state index contributed by atoms with van der Waals surface area (Å²) in [5, 5.41) is 6.82. The first kappa shape index (κ1) is 20.6. The number of hydrogen-bond acceptors (Lipinski definition) is 6. The van der Waals surface area contributed by atoms with Crippen LogP contribution >= 0.6 is 0 Å². The Morgan fingerprint density at radius 2 is 2.00 bits per heavy atom. The molecule has 10 heteroatoms. The van der Waals surface area contributed by atoms with Crippen molar-refractivity contribution < 1.29 is 31.9 Å². The highest BCUT2D eigenvalue weighted by atomic mass is 19.3. The topological polar surface area (TPSA) is 77.7 Å². The molecule has 1 fully saturated rings. The van der Waals surface area contributed by atoms with Crippen LogP contribution in [-0.4, -0.2) is 46.9 Å². The van der Waals surface area contributed by atoms with Gasteiger partial charge in [0.1, 0.15) is 18.2 Å². The number of ether oxygens (including phenoxy) is 2. The molecule has 162 valence electrons. The Morgan fingerprint density at radius 3 is 2.67 bits per heavy atom. The lowest BCUT2D eigenvalue weighted by Gasteiger charge is -2.38. The van der Waals surface area contributed by atoms with Crippen LogP contribution in [0.15, 0.2) is 16.5 Å². The van der Waals surface area contributed by atoms with Gasteiger partial charge in [-0.3, -0.25) is 4.79 Å². The standard InChI is InChI=1S/C20H22F3N3O4/c1-11-10-29-15-8-12(17-24-25-18(30-17)16(22)23)7-14(21)13(15)9-26(11)19(27)20(2)3-5-28-6-4-20/h7-8,11,16H,3-6,9-10H2,1-2H3/t11-/m0/s1. The summed E-state index contributed by atoms with van der Waals surface area (Å²) in [6.07, 6.45) is -1.71. The quantitative estimate of drug-likeness (QED) is 0.746. The van der Waals surface area contributed by atoms with E-state index in [1.807, 2.05) is 13.8 Å². The minimum Gasteiger partial charge on any atom is -0.491 e. The maximum atomic E-state index is 15.0. The number of rotatable bonds is 3. The van der Waals surface area contributed by atoms with Crippen molar-refractivity contribution in [1.29, 1.82) is 0 Å². The number of hydrogen-bond donors (Lipinski definition) is 0. The molecule has 0 aliphatic carbocycles. The lowest BCUT2D eigenvalue weighted by molar-refractivity contribution is -0.149. The third kappa shape index (κ3) is 3.76. The number of amides is 1. The number of carbonyl (C=O) groups excluding carboxylic acids is 1. The van der Waals surface area contributed by atoms with E-state index in [0.717, 1.165) is 6.07 Å². The van der Waals surface area contributed by atoms with Crippen molar-refractivity contribution in [3.8, 4) is 17.2 Å². The van der Waals surface area contributed by atoms with E-state index in [-0.39, 0.29) is 47.9 Å². The SMILES string of the molecule is C[C@H]1COc2cc(-c3nnc(C(F)F)o3)cc(F)c2CN1C(=O)C1(C)CCOCC1. The molecule has 1 aromatic heterocycles. The summed E-state index contributed by atoms with van der Waals surface area (Å²) in [7, 11) is 0. The molecule has 1 amide bonds. The third-order valence-corrected chi connectivity index (χ3v) is 5.74. The van der Waals surface area contributed by atoms with Crippen LogP contribution in [0, 0.1) is 11.2 Å². The maximum absolute atomic E-state index is 15.0. The fraction of sp³-hybridized carbons (Fsp3) is 0.550. The van der Waals surface area contributed by atoms with Crippen LogP contribution in [0.5, 0.6) is 5.75 Å². The molecule has 0 unspecified atom stereocenters. The number of alkyl halides is 2. The van der Waals surface area contributed by atoms with E-state index < -0.39 is 23.5 Å². The summed E-state index contributed by atoms with van der Waals surface area (Å²) in [6.45, 7) is 5.00. The van der Waals surface area contributed by atoms with Crippen molar-refractivity contribution in [3.05, 3.63) is 29.4 Å². The van der Waals surface area contributed by atoms with E-state index in [9.17, 15) is 18.0 Å². The van der Waals surface area contributed by atoms with Gasteiger partial charge in [-0.1, -0.05) is 6.92 Å². The second-order valence-electron chi connectivity index (χ2n) is 7.95. The zero-order chi connectivity index (χ0) is 21.5. The molecule has 2 aliphatic heterocycles. The summed E-state index contributed by atoms with van der Waals surface area (Å²) < 4.78 is 56.5. The maximum Gasteiger partial charge on any atom is 0.314 e. The first-order valence-corrected chi connectivity index (χ1v) is 9.74. The van der Waals surface area contributed by atoms with Gasteiger partial charge in [0.05, 0.1) is 18.0 Å². The molecule has 3 heterocycles. The smallest absolute Gasteiger partial charge is 0.314 e. The predicted octanol–water partition coefficient (Wildman–Crippen LogP) is 3.74. The average Bonchev–Trinajstić information content (AvgIpc) is 3.15. The van der Waals surface area contributed by atoms with Crippen LogP contribution in [0.25, 0.3) is 11.5 Å². The van der Waals surface area contributed by atoms with Gasteiger partial charge >= 0.3 is 6.43 Å². The number of halogens is 3. The number of fused-ring (bicyclic) bond motifs is 1. The number of aromatic nitrogens is 2. The summed E-state index contributed by atoms with van der Waals surface area (Å²) in [4.78, 5) is 14.9. The zero-order valence-corrected chi connectivity index (χ0v) is 16.7. The van der Waals surface area contributed by atoms with Gasteiger partial charge in [0, 0.05) is 24.3 Å². The molecule has 2 aliphatic rings. The molecular formula is C20H22F3N3O4. The molecule has 0 saturated carbocycles. The fourth-order valence-corrected chi connectivity index (χ4v) is 3.74. The van der Waals surface area contributed by atoms with Gasteiger partial charge in [-0.05, 0) is 31.9 Å². The third-order valence-electron chi connectivity index (χ3n) is 5.74. The molecule has 30 heavy (non-hydrogen) atoms. The van der Waals surface area contributed by atoms with E-state index >= 15 is 0 Å². The van der Waals surface area contributed by atoms with E-state index in [4.69, 9.17) is 13.9 Å². The van der Waals surface area contributed by atoms with Gasteiger partial charge in [0.15, 0.2) is 0 Å². The molecule has 0 spiro atoms. The van der Waals surface area contributed by atoms with E-state index in [1.165, 1.54) is 6.07 Å². The van der Waals surface area contributed by atoms with Crippen LogP contribution in [0.4, 0.5) is 13.2 Å². The van der Waals surface area contributed by atoms with Crippen molar-refractivity contribution in [2.45, 2.75) is 45.7 Å². The van der Waals surface area contributed by atoms with Crippen LogP contribution in [0.1, 0.15) is 44.6 Å². The van der Waals surface area contributed by atoms with Crippen LogP contribution in [0.3, 0.4) is 0 Å². The van der Waals surface area contributed by atoms with Crippen LogP contribution < -0.4 is 4.74 Å². The number of carbonyl (C=O) groups is 1. The Balaban J connectivity index is 1.64. The van der Waals surface area contributed by atoms with Crippen molar-refractivity contribution >= 4 is 5.91 Å². The monoisotopic (exact) mass is 425 g/mol. The van der Waals surface area contributed by atoms with Gasteiger partial charge in [0.25, 0.3) is 5.89 Å². The normalized spacial score (nSPS) is 21.1. The van der Waals surface area contributed by atoms with Crippen molar-refractivity contribution in [3.63, 3.8) is 0 Å². The van der Waals surface area contributed by atoms with Crippen LogP contribution in [0.2, 0.25) is 0 Å². The zero-order valence-electron chi connectivity index (χ0n) is 16.7. The number of nitrogens with zero attached hydrogens (tertiary/aromatic N) is 3. The van der Waals surface area contributed by atoms with Gasteiger partial charge in [-0.15, -0.1) is 10.2 Å². The Bertz CT molecular complexity index is 943. The first-order valence-electron chi connectivity index (χ1n) is 9.74. The Labute approximate surface area is 171 Å². The van der Waals surface area contributed by atoms with Crippen molar-refractivity contribution in [2.24, 2.45) is 5.41 Å². The predicted molar refractivity (Wildman–Crippen MR) is 98.3 cm³/mol. The molecule has 1 saturated heterocycles. The van der Waals surface area contributed by atoms with E-state index in [1.54, 1.807) is 4.90 Å². The Hall–Kier alpha value is -2.62. The first-order chi connectivity index (χ1) is 14.3. The van der Waals surface area contributed by atoms with Crippen molar-refractivity contribution in [1.82, 2.24) is 15.1 Å². The lowest BCUT2D eigenvalue weighted by Crippen LogP contribution is -2.49. The summed E-state index contributed by atoms with van der Waals surface area (Å²) in [6, 6.07) is 2.32. The molecule has 7 nitrogen and oxygen atoms in total. The van der Waals surface area contributed by atoms with E-state index in [2.05, 4.69) is 10.2 Å².